The summed E-state index contributed by atoms with van der Waals surface area (Å²) in [5.74, 6) is 0. The molecule has 0 radical (unpaired) electrons. The van der Waals surface area contributed by atoms with E-state index in [0.717, 1.165) is 19.3 Å². The first-order valence-electron chi connectivity index (χ1n) is 9.56. The summed E-state index contributed by atoms with van der Waals surface area (Å²) < 4.78 is 6.89. The van der Waals surface area contributed by atoms with Crippen LogP contribution in [-0.2, 0) is 4.43 Å². The fraction of sp³-hybridized carbons (Fsp3) is 0.455. The van der Waals surface area contributed by atoms with E-state index in [1.807, 2.05) is 0 Å². The molecule has 0 spiro atoms. The lowest BCUT2D eigenvalue weighted by Crippen LogP contribution is -2.67. The van der Waals surface area contributed by atoms with Crippen LogP contribution in [-0.4, -0.2) is 26.5 Å². The van der Waals surface area contributed by atoms with Crippen LogP contribution in [0.3, 0.4) is 0 Å². The third-order valence-electron chi connectivity index (χ3n) is 5.67. The molecule has 4 N–H and O–H groups in total. The number of rotatable bonds is 6. The standard InChI is InChI=1S/C22H32N2OSi/c1-21(2,3)26(19-10-6-4-7-11-19,20-12-8-5-9-13-20)25-15-14-22(24)16-18(23)17-22/h4-13,18H,14-17,23-24H2,1-3H3. The maximum Gasteiger partial charge on any atom is 0.261 e. The Hall–Kier alpha value is -1.46. The maximum absolute atomic E-state index is 6.89. The van der Waals surface area contributed by atoms with Crippen molar-refractivity contribution in [3.8, 4) is 0 Å². The highest BCUT2D eigenvalue weighted by Crippen LogP contribution is 2.38. The molecule has 1 aliphatic carbocycles. The van der Waals surface area contributed by atoms with Gasteiger partial charge in [0.15, 0.2) is 0 Å². The summed E-state index contributed by atoms with van der Waals surface area (Å²) in [6.45, 7) is 7.58. The smallest absolute Gasteiger partial charge is 0.261 e. The third-order valence-corrected chi connectivity index (χ3v) is 10.7. The highest BCUT2D eigenvalue weighted by atomic mass is 28.4. The zero-order chi connectivity index (χ0) is 18.8. The first-order valence-corrected chi connectivity index (χ1v) is 11.5. The summed E-state index contributed by atoms with van der Waals surface area (Å²) in [7, 11) is -2.44. The van der Waals surface area contributed by atoms with Gasteiger partial charge in [0.2, 0.25) is 0 Å². The van der Waals surface area contributed by atoms with E-state index in [-0.39, 0.29) is 16.6 Å². The molecule has 0 amide bonds. The Morgan fingerprint density at radius 2 is 1.42 bits per heavy atom. The minimum atomic E-state index is -2.44. The Labute approximate surface area is 158 Å². The lowest BCUT2D eigenvalue weighted by Gasteiger charge is -2.46. The lowest BCUT2D eigenvalue weighted by molar-refractivity contribution is 0.155. The second kappa shape index (κ2) is 7.28. The van der Waals surface area contributed by atoms with Gasteiger partial charge in [-0.25, -0.2) is 0 Å². The molecule has 1 aliphatic rings. The predicted octanol–water partition coefficient (Wildman–Crippen LogP) is 2.77. The highest BCUT2D eigenvalue weighted by molar-refractivity contribution is 6.99. The Balaban J connectivity index is 1.95. The topological polar surface area (TPSA) is 61.3 Å². The largest absolute Gasteiger partial charge is 0.407 e. The van der Waals surface area contributed by atoms with E-state index in [1.54, 1.807) is 0 Å². The molecular weight excluding hydrogens is 336 g/mol. The third kappa shape index (κ3) is 3.65. The normalized spacial score (nSPS) is 23.5. The van der Waals surface area contributed by atoms with Gasteiger partial charge in [-0.1, -0.05) is 81.4 Å². The zero-order valence-corrected chi connectivity index (χ0v) is 17.2. The summed E-state index contributed by atoms with van der Waals surface area (Å²) >= 11 is 0. The van der Waals surface area contributed by atoms with Crippen molar-refractivity contribution in [1.29, 1.82) is 0 Å². The van der Waals surface area contributed by atoms with Crippen LogP contribution in [0.2, 0.25) is 5.04 Å². The number of benzene rings is 2. The molecule has 4 heteroatoms. The summed E-state index contributed by atoms with van der Waals surface area (Å²) in [5, 5.41) is 2.64. The average molecular weight is 369 g/mol. The van der Waals surface area contributed by atoms with Crippen LogP contribution in [0.1, 0.15) is 40.0 Å². The van der Waals surface area contributed by atoms with Crippen molar-refractivity contribution < 1.29 is 4.43 Å². The Kier molecular flexibility index (Phi) is 5.40. The van der Waals surface area contributed by atoms with Crippen LogP contribution in [0, 0.1) is 0 Å². The van der Waals surface area contributed by atoms with Crippen molar-refractivity contribution in [2.45, 2.75) is 56.7 Å². The summed E-state index contributed by atoms with van der Waals surface area (Å²) in [4.78, 5) is 0. The van der Waals surface area contributed by atoms with E-state index in [0.29, 0.717) is 6.61 Å². The molecule has 140 valence electrons. The van der Waals surface area contributed by atoms with Crippen LogP contribution in [0.4, 0.5) is 0 Å². The van der Waals surface area contributed by atoms with Crippen LogP contribution >= 0.6 is 0 Å². The molecule has 26 heavy (non-hydrogen) atoms. The van der Waals surface area contributed by atoms with Crippen LogP contribution in [0.15, 0.2) is 60.7 Å². The quantitative estimate of drug-likeness (QED) is 0.771. The average Bonchev–Trinajstić information content (AvgIpc) is 2.58. The lowest BCUT2D eigenvalue weighted by atomic mass is 9.72. The van der Waals surface area contributed by atoms with Gasteiger partial charge in [-0.3, -0.25) is 0 Å². The van der Waals surface area contributed by atoms with Gasteiger partial charge in [0.25, 0.3) is 8.32 Å². The van der Waals surface area contributed by atoms with E-state index in [4.69, 9.17) is 15.9 Å². The number of nitrogens with two attached hydrogens (primary N) is 2. The van der Waals surface area contributed by atoms with Crippen molar-refractivity contribution >= 4 is 18.7 Å². The molecular formula is C22H32N2OSi. The van der Waals surface area contributed by atoms with Crippen LogP contribution < -0.4 is 21.8 Å². The molecule has 3 nitrogen and oxygen atoms in total. The second-order valence-corrected chi connectivity index (χ2v) is 13.1. The summed E-state index contributed by atoms with van der Waals surface area (Å²) in [6.07, 6.45) is 2.67. The van der Waals surface area contributed by atoms with Gasteiger partial charge in [0.05, 0.1) is 0 Å². The molecule has 2 aromatic carbocycles. The molecule has 0 bridgehead atoms. The van der Waals surface area contributed by atoms with Crippen LogP contribution in [0.25, 0.3) is 0 Å². The molecule has 0 aliphatic heterocycles. The Morgan fingerprint density at radius 3 is 1.81 bits per heavy atom. The van der Waals surface area contributed by atoms with Crippen molar-refractivity contribution in [3.63, 3.8) is 0 Å². The van der Waals surface area contributed by atoms with Crippen molar-refractivity contribution in [2.75, 3.05) is 6.61 Å². The molecule has 1 saturated carbocycles. The zero-order valence-electron chi connectivity index (χ0n) is 16.2. The Bertz CT molecular complexity index is 666. The highest BCUT2D eigenvalue weighted by Gasteiger charge is 2.50. The molecule has 2 aromatic rings. The van der Waals surface area contributed by atoms with Gasteiger partial charge >= 0.3 is 0 Å². The van der Waals surface area contributed by atoms with Crippen molar-refractivity contribution in [3.05, 3.63) is 60.7 Å². The molecule has 0 unspecified atom stereocenters. The fourth-order valence-electron chi connectivity index (χ4n) is 4.36. The molecule has 3 rings (SSSR count). The second-order valence-electron chi connectivity index (χ2n) is 8.79. The number of hydrogen-bond donors (Lipinski definition) is 2. The molecule has 0 aromatic heterocycles. The maximum atomic E-state index is 6.89. The Morgan fingerprint density at radius 1 is 0.962 bits per heavy atom. The van der Waals surface area contributed by atoms with E-state index >= 15 is 0 Å². The van der Waals surface area contributed by atoms with Crippen molar-refractivity contribution in [2.24, 2.45) is 11.5 Å². The SMILES string of the molecule is CC(C)(C)[Si](OCCC1(N)CC(N)C1)(c1ccccc1)c1ccccc1. The molecule has 0 heterocycles. The predicted molar refractivity (Wildman–Crippen MR) is 112 cm³/mol. The van der Waals surface area contributed by atoms with Gasteiger partial charge in [-0.2, -0.15) is 0 Å². The van der Waals surface area contributed by atoms with Gasteiger partial charge in [-0.05, 0) is 34.7 Å². The monoisotopic (exact) mass is 368 g/mol. The van der Waals surface area contributed by atoms with E-state index in [2.05, 4.69) is 81.4 Å². The molecule has 0 atom stereocenters. The first-order chi connectivity index (χ1) is 12.3. The van der Waals surface area contributed by atoms with E-state index in [1.165, 1.54) is 10.4 Å². The van der Waals surface area contributed by atoms with Gasteiger partial charge in [-0.15, -0.1) is 0 Å². The summed E-state index contributed by atoms with van der Waals surface area (Å²) in [6, 6.07) is 21.8. The molecule has 1 fully saturated rings. The fourth-order valence-corrected chi connectivity index (χ4v) is 8.92. The minimum absolute atomic E-state index is 0.00743. The van der Waals surface area contributed by atoms with Crippen LogP contribution in [0.5, 0.6) is 0 Å². The van der Waals surface area contributed by atoms with E-state index < -0.39 is 8.32 Å². The van der Waals surface area contributed by atoms with E-state index in [9.17, 15) is 0 Å². The first kappa shape index (κ1) is 19.3. The van der Waals surface area contributed by atoms with Gasteiger partial charge < -0.3 is 15.9 Å². The minimum Gasteiger partial charge on any atom is -0.407 e. The van der Waals surface area contributed by atoms with Gasteiger partial charge in [0.1, 0.15) is 0 Å². The van der Waals surface area contributed by atoms with Crippen molar-refractivity contribution in [1.82, 2.24) is 0 Å². The summed E-state index contributed by atoms with van der Waals surface area (Å²) in [5.41, 5.74) is 12.3. The van der Waals surface area contributed by atoms with Gasteiger partial charge in [0, 0.05) is 18.2 Å². The number of hydrogen-bond acceptors (Lipinski definition) is 3. The molecule has 0 saturated heterocycles.